The number of halogens is 1. The van der Waals surface area contributed by atoms with Gasteiger partial charge in [-0.15, -0.1) is 0 Å². The van der Waals surface area contributed by atoms with Crippen LogP contribution in [0.25, 0.3) is 0 Å². The van der Waals surface area contributed by atoms with Crippen LogP contribution in [-0.2, 0) is 6.42 Å². The van der Waals surface area contributed by atoms with E-state index in [1.165, 1.54) is 19.2 Å². The van der Waals surface area contributed by atoms with Gasteiger partial charge in [0.2, 0.25) is 0 Å². The topological polar surface area (TPSA) is 46.5 Å². The van der Waals surface area contributed by atoms with Crippen molar-refractivity contribution < 1.29 is 14.6 Å². The van der Waals surface area contributed by atoms with Gasteiger partial charge in [0.25, 0.3) is 0 Å². The molecule has 0 unspecified atom stereocenters. The Balaban J connectivity index is 2.33. The number of phenolic OH excluding ortho intramolecular Hbond substituents is 1. The first-order chi connectivity index (χ1) is 9.52. The van der Waals surface area contributed by atoms with E-state index in [0.29, 0.717) is 5.75 Å². The molecule has 0 radical (unpaired) electrons. The number of rotatable bonds is 4. The summed E-state index contributed by atoms with van der Waals surface area (Å²) in [6.45, 7) is 1.94. The molecule has 20 heavy (non-hydrogen) atoms. The summed E-state index contributed by atoms with van der Waals surface area (Å²) in [5.41, 5.74) is 2.09. The van der Waals surface area contributed by atoms with Crippen molar-refractivity contribution in [2.24, 2.45) is 0 Å². The molecule has 2 aromatic rings. The van der Waals surface area contributed by atoms with Gasteiger partial charge in [0.15, 0.2) is 5.78 Å². The average Bonchev–Trinajstić information content (AvgIpc) is 2.40. The molecule has 0 saturated carbocycles. The van der Waals surface area contributed by atoms with Crippen molar-refractivity contribution in [2.45, 2.75) is 13.3 Å². The van der Waals surface area contributed by atoms with Gasteiger partial charge in [0, 0.05) is 12.5 Å². The highest BCUT2D eigenvalue weighted by Gasteiger charge is 2.18. The molecule has 0 bridgehead atoms. The average molecular weight is 291 g/mol. The number of phenols is 1. The summed E-state index contributed by atoms with van der Waals surface area (Å²) in [5, 5.41) is 10.1. The molecule has 104 valence electrons. The number of methoxy groups -OCH3 is 1. The van der Waals surface area contributed by atoms with E-state index in [4.69, 9.17) is 16.3 Å². The Morgan fingerprint density at radius 3 is 2.60 bits per heavy atom. The first-order valence-electron chi connectivity index (χ1n) is 6.17. The zero-order valence-electron chi connectivity index (χ0n) is 11.3. The fraction of sp³-hybridized carbons (Fsp3) is 0.188. The van der Waals surface area contributed by atoms with Crippen molar-refractivity contribution in [1.82, 2.24) is 0 Å². The van der Waals surface area contributed by atoms with Gasteiger partial charge in [-0.3, -0.25) is 4.79 Å². The van der Waals surface area contributed by atoms with Crippen LogP contribution in [0.3, 0.4) is 0 Å². The zero-order valence-corrected chi connectivity index (χ0v) is 12.1. The minimum absolute atomic E-state index is 0.135. The Morgan fingerprint density at radius 2 is 2.00 bits per heavy atom. The lowest BCUT2D eigenvalue weighted by atomic mass is 9.99. The van der Waals surface area contributed by atoms with Crippen molar-refractivity contribution in [1.29, 1.82) is 0 Å². The zero-order chi connectivity index (χ0) is 14.7. The Bertz CT molecular complexity index is 627. The molecule has 2 aromatic carbocycles. The summed E-state index contributed by atoms with van der Waals surface area (Å²) in [6, 6.07) is 10.5. The first kappa shape index (κ1) is 14.4. The Hall–Kier alpha value is -2.00. The second-order valence-electron chi connectivity index (χ2n) is 4.53. The molecule has 4 heteroatoms. The molecule has 0 fully saturated rings. The lowest BCUT2D eigenvalue weighted by molar-refractivity contribution is 0.0990. The van der Waals surface area contributed by atoms with Crippen LogP contribution in [-0.4, -0.2) is 18.0 Å². The van der Waals surface area contributed by atoms with E-state index in [1.54, 1.807) is 0 Å². The molecule has 1 N–H and O–H groups in total. The van der Waals surface area contributed by atoms with E-state index in [2.05, 4.69) is 0 Å². The van der Waals surface area contributed by atoms with Gasteiger partial charge in [-0.25, -0.2) is 0 Å². The number of Topliss-reactive ketones (excluding diaryl/α,β-unsaturated/α-hetero) is 1. The molecule has 0 aliphatic heterocycles. The molecule has 0 aromatic heterocycles. The molecule has 0 atom stereocenters. The van der Waals surface area contributed by atoms with Gasteiger partial charge in [-0.1, -0.05) is 35.9 Å². The summed E-state index contributed by atoms with van der Waals surface area (Å²) in [7, 11) is 1.47. The second kappa shape index (κ2) is 5.97. The van der Waals surface area contributed by atoms with E-state index in [9.17, 15) is 9.90 Å². The fourth-order valence-electron chi connectivity index (χ4n) is 2.03. The highest BCUT2D eigenvalue weighted by Crippen LogP contribution is 2.32. The van der Waals surface area contributed by atoms with Gasteiger partial charge >= 0.3 is 0 Å². The van der Waals surface area contributed by atoms with Crippen LogP contribution in [0.1, 0.15) is 21.5 Å². The molecule has 0 aliphatic carbocycles. The molecule has 2 rings (SSSR count). The van der Waals surface area contributed by atoms with Gasteiger partial charge in [-0.05, 0) is 24.1 Å². The monoisotopic (exact) mass is 290 g/mol. The highest BCUT2D eigenvalue weighted by atomic mass is 35.5. The molecular formula is C16H15ClO3. The number of carbonyl (C=O) groups is 1. The maximum atomic E-state index is 12.3. The third kappa shape index (κ3) is 2.94. The quantitative estimate of drug-likeness (QED) is 0.872. The number of benzene rings is 2. The smallest absolute Gasteiger partial charge is 0.172 e. The van der Waals surface area contributed by atoms with Gasteiger partial charge in [0.05, 0.1) is 17.7 Å². The number of ether oxygens (including phenoxy) is 1. The van der Waals surface area contributed by atoms with Gasteiger partial charge in [-0.2, -0.15) is 0 Å². The molecule has 0 spiro atoms. The number of aromatic hydroxyl groups is 1. The predicted octanol–water partition coefficient (Wildman–Crippen LogP) is 3.79. The third-order valence-corrected chi connectivity index (χ3v) is 3.47. The van der Waals surface area contributed by atoms with Crippen LogP contribution >= 0.6 is 11.6 Å². The van der Waals surface area contributed by atoms with Crippen LogP contribution in [0.5, 0.6) is 11.5 Å². The van der Waals surface area contributed by atoms with E-state index in [0.717, 1.165) is 11.1 Å². The molecule has 3 nitrogen and oxygen atoms in total. The molecule has 0 aliphatic rings. The summed E-state index contributed by atoms with van der Waals surface area (Å²) in [6.07, 6.45) is 0.201. The van der Waals surface area contributed by atoms with Crippen molar-refractivity contribution >= 4 is 17.4 Å². The van der Waals surface area contributed by atoms with Gasteiger partial charge < -0.3 is 9.84 Å². The van der Waals surface area contributed by atoms with Gasteiger partial charge in [0.1, 0.15) is 11.5 Å². The van der Waals surface area contributed by atoms with Crippen LogP contribution in [0, 0.1) is 6.92 Å². The lowest BCUT2D eigenvalue weighted by Crippen LogP contribution is -2.06. The molecule has 0 amide bonds. The summed E-state index contributed by atoms with van der Waals surface area (Å²) in [5.74, 6) is 0.0392. The van der Waals surface area contributed by atoms with Crippen LogP contribution in [0.4, 0.5) is 0 Å². The standard InChI is InChI=1S/C16H15ClO3/c1-10-5-3-4-6-11(10)7-14(18)16-13(17)8-12(20-2)9-15(16)19/h3-6,8-9,19H,7H2,1-2H3. The van der Waals surface area contributed by atoms with E-state index >= 15 is 0 Å². The minimum atomic E-state index is -0.218. The van der Waals surface area contributed by atoms with Crippen LogP contribution < -0.4 is 4.74 Å². The second-order valence-corrected chi connectivity index (χ2v) is 4.94. The number of aryl methyl sites for hydroxylation is 1. The number of ketones is 1. The maximum absolute atomic E-state index is 12.3. The Labute approximate surface area is 122 Å². The van der Waals surface area contributed by atoms with E-state index in [1.807, 2.05) is 31.2 Å². The number of hydrogen-bond donors (Lipinski definition) is 1. The van der Waals surface area contributed by atoms with E-state index < -0.39 is 0 Å². The predicted molar refractivity (Wildman–Crippen MR) is 78.9 cm³/mol. The Morgan fingerprint density at radius 1 is 1.30 bits per heavy atom. The Kier molecular flexibility index (Phi) is 4.30. The van der Waals surface area contributed by atoms with Crippen molar-refractivity contribution in [3.05, 3.63) is 58.1 Å². The number of hydrogen-bond acceptors (Lipinski definition) is 3. The van der Waals surface area contributed by atoms with Crippen molar-refractivity contribution in [2.75, 3.05) is 7.11 Å². The summed E-state index contributed by atoms with van der Waals surface area (Å²) < 4.78 is 4.99. The summed E-state index contributed by atoms with van der Waals surface area (Å²) in [4.78, 5) is 12.3. The lowest BCUT2D eigenvalue weighted by Gasteiger charge is -2.10. The highest BCUT2D eigenvalue weighted by molar-refractivity contribution is 6.34. The molecular weight excluding hydrogens is 276 g/mol. The van der Waals surface area contributed by atoms with Crippen molar-refractivity contribution in [3.8, 4) is 11.5 Å². The summed E-state index contributed by atoms with van der Waals surface area (Å²) >= 11 is 6.05. The first-order valence-corrected chi connectivity index (χ1v) is 6.55. The molecule has 0 heterocycles. The minimum Gasteiger partial charge on any atom is -0.507 e. The molecule has 0 saturated heterocycles. The normalized spacial score (nSPS) is 10.3. The van der Waals surface area contributed by atoms with Crippen molar-refractivity contribution in [3.63, 3.8) is 0 Å². The third-order valence-electron chi connectivity index (χ3n) is 3.17. The largest absolute Gasteiger partial charge is 0.507 e. The fourth-order valence-corrected chi connectivity index (χ4v) is 2.34. The van der Waals surface area contributed by atoms with E-state index in [-0.39, 0.29) is 28.5 Å². The maximum Gasteiger partial charge on any atom is 0.172 e. The van der Waals surface area contributed by atoms with Crippen LogP contribution in [0.15, 0.2) is 36.4 Å². The SMILES string of the molecule is COc1cc(O)c(C(=O)Cc2ccccc2C)c(Cl)c1. The number of carbonyl (C=O) groups excluding carboxylic acids is 1. The van der Waals surface area contributed by atoms with Crippen LogP contribution in [0.2, 0.25) is 5.02 Å².